The summed E-state index contributed by atoms with van der Waals surface area (Å²) in [5, 5.41) is 0.520. The Balaban J connectivity index is 1.97. The lowest BCUT2D eigenvalue weighted by molar-refractivity contribution is 1.15. The maximum absolute atomic E-state index is 5.71. The summed E-state index contributed by atoms with van der Waals surface area (Å²) in [6, 6.07) is 7.80. The Morgan fingerprint density at radius 3 is 2.06 bits per heavy atom. The summed E-state index contributed by atoms with van der Waals surface area (Å²) in [5.74, 6) is 0. The minimum atomic E-state index is 0.520. The first-order valence-corrected chi connectivity index (χ1v) is 7.15. The van der Waals surface area contributed by atoms with Crippen molar-refractivity contribution in [3.8, 4) is 0 Å². The zero-order valence-electron chi connectivity index (χ0n) is 8.55. The summed E-state index contributed by atoms with van der Waals surface area (Å²) in [6.07, 6.45) is 3.64. The number of rotatable bonds is 3. The molecular formula is C11H9ClN2S2. The minimum absolute atomic E-state index is 0.520. The van der Waals surface area contributed by atoms with E-state index in [1.807, 2.05) is 25.3 Å². The Bertz CT molecular complexity index is 411. The molecule has 2 heterocycles. The van der Waals surface area contributed by atoms with Crippen molar-refractivity contribution in [3.63, 3.8) is 0 Å². The van der Waals surface area contributed by atoms with E-state index in [1.54, 1.807) is 33.9 Å². The number of pyridine rings is 2. The highest BCUT2D eigenvalue weighted by molar-refractivity contribution is 8.76. The number of nitrogens with zero attached hydrogens (tertiary/aromatic N) is 2. The molecule has 0 bridgehead atoms. The summed E-state index contributed by atoms with van der Waals surface area (Å²) < 4.78 is 0. The molecule has 2 rings (SSSR count). The molecule has 0 aromatic carbocycles. The second-order valence-electron chi connectivity index (χ2n) is 3.12. The zero-order chi connectivity index (χ0) is 11.4. The average Bonchev–Trinajstić information content (AvgIpc) is 2.30. The van der Waals surface area contributed by atoms with Gasteiger partial charge in [0, 0.05) is 27.9 Å². The van der Waals surface area contributed by atoms with E-state index in [1.165, 1.54) is 0 Å². The molecule has 82 valence electrons. The van der Waals surface area contributed by atoms with Crippen LogP contribution in [0.1, 0.15) is 5.69 Å². The Kier molecular flexibility index (Phi) is 4.09. The molecule has 0 unspecified atom stereocenters. The zero-order valence-corrected chi connectivity index (χ0v) is 10.9. The lowest BCUT2D eigenvalue weighted by atomic mass is 10.4. The van der Waals surface area contributed by atoms with Gasteiger partial charge in [-0.15, -0.1) is 0 Å². The third-order valence-corrected chi connectivity index (χ3v) is 4.40. The number of hydrogen-bond acceptors (Lipinski definition) is 4. The Labute approximate surface area is 107 Å². The van der Waals surface area contributed by atoms with Crippen molar-refractivity contribution in [2.75, 3.05) is 0 Å². The van der Waals surface area contributed by atoms with E-state index >= 15 is 0 Å². The molecule has 0 saturated heterocycles. The van der Waals surface area contributed by atoms with Crippen LogP contribution in [0, 0.1) is 6.92 Å². The van der Waals surface area contributed by atoms with Crippen molar-refractivity contribution in [1.82, 2.24) is 9.97 Å². The van der Waals surface area contributed by atoms with Gasteiger partial charge in [-0.05, 0) is 31.2 Å². The maximum atomic E-state index is 5.71. The van der Waals surface area contributed by atoms with Gasteiger partial charge in [-0.3, -0.25) is 4.98 Å². The van der Waals surface area contributed by atoms with E-state index in [9.17, 15) is 0 Å². The lowest BCUT2D eigenvalue weighted by Crippen LogP contribution is -1.78. The topological polar surface area (TPSA) is 25.8 Å². The predicted molar refractivity (Wildman–Crippen MR) is 69.9 cm³/mol. The van der Waals surface area contributed by atoms with Crippen LogP contribution in [0.3, 0.4) is 0 Å². The first kappa shape index (κ1) is 11.8. The standard InChI is InChI=1S/C11H9ClN2S2/c1-8-2-3-9(6-13-8)15-16-10-4-5-11(12)14-7-10/h2-7H,1H3. The second kappa shape index (κ2) is 5.57. The van der Waals surface area contributed by atoms with Crippen molar-refractivity contribution >= 4 is 33.2 Å². The van der Waals surface area contributed by atoms with Gasteiger partial charge in [0.25, 0.3) is 0 Å². The van der Waals surface area contributed by atoms with Gasteiger partial charge in [0.2, 0.25) is 0 Å². The molecule has 0 atom stereocenters. The fourth-order valence-electron chi connectivity index (χ4n) is 1.01. The fourth-order valence-corrected chi connectivity index (χ4v) is 2.92. The van der Waals surface area contributed by atoms with Crippen LogP contribution in [0.15, 0.2) is 46.5 Å². The second-order valence-corrected chi connectivity index (χ2v) is 5.78. The van der Waals surface area contributed by atoms with Crippen molar-refractivity contribution in [1.29, 1.82) is 0 Å². The highest BCUT2D eigenvalue weighted by Crippen LogP contribution is 2.36. The summed E-state index contributed by atoms with van der Waals surface area (Å²) in [4.78, 5) is 10.5. The van der Waals surface area contributed by atoms with E-state index in [0.29, 0.717) is 5.15 Å². The molecule has 0 fully saturated rings. The average molecular weight is 269 g/mol. The molecule has 2 aromatic heterocycles. The molecule has 0 N–H and O–H groups in total. The monoisotopic (exact) mass is 268 g/mol. The van der Waals surface area contributed by atoms with Gasteiger partial charge in [-0.2, -0.15) is 0 Å². The summed E-state index contributed by atoms with van der Waals surface area (Å²) in [7, 11) is 3.30. The Morgan fingerprint density at radius 1 is 0.938 bits per heavy atom. The van der Waals surface area contributed by atoms with Crippen LogP contribution in [0.25, 0.3) is 0 Å². The number of halogens is 1. The lowest BCUT2D eigenvalue weighted by Gasteiger charge is -2.00. The number of aryl methyl sites for hydroxylation is 1. The Hall–Kier alpha value is -0.710. The molecule has 0 aliphatic carbocycles. The van der Waals surface area contributed by atoms with Crippen LogP contribution in [-0.4, -0.2) is 9.97 Å². The maximum Gasteiger partial charge on any atom is 0.129 e. The van der Waals surface area contributed by atoms with E-state index in [4.69, 9.17) is 11.6 Å². The van der Waals surface area contributed by atoms with Gasteiger partial charge < -0.3 is 0 Å². The normalized spacial score (nSPS) is 10.4. The first-order chi connectivity index (χ1) is 7.74. The number of aromatic nitrogens is 2. The van der Waals surface area contributed by atoms with Crippen molar-refractivity contribution in [2.45, 2.75) is 16.7 Å². The summed E-state index contributed by atoms with van der Waals surface area (Å²) >= 11 is 5.71. The molecule has 0 aliphatic heterocycles. The van der Waals surface area contributed by atoms with Crippen LogP contribution in [0.4, 0.5) is 0 Å². The first-order valence-electron chi connectivity index (χ1n) is 4.63. The van der Waals surface area contributed by atoms with E-state index < -0.39 is 0 Å². The molecule has 0 saturated carbocycles. The SMILES string of the molecule is Cc1ccc(SSc2ccc(Cl)nc2)cn1. The Morgan fingerprint density at radius 2 is 1.56 bits per heavy atom. The van der Waals surface area contributed by atoms with Crippen molar-refractivity contribution < 1.29 is 0 Å². The van der Waals surface area contributed by atoms with Gasteiger partial charge in [-0.1, -0.05) is 33.2 Å². The van der Waals surface area contributed by atoms with Gasteiger partial charge in [-0.25, -0.2) is 4.98 Å². The van der Waals surface area contributed by atoms with Crippen LogP contribution in [0.5, 0.6) is 0 Å². The molecule has 0 spiro atoms. The van der Waals surface area contributed by atoms with E-state index in [2.05, 4.69) is 16.0 Å². The predicted octanol–water partition coefficient (Wildman–Crippen LogP) is 4.24. The molecule has 0 radical (unpaired) electrons. The van der Waals surface area contributed by atoms with Crippen LogP contribution < -0.4 is 0 Å². The van der Waals surface area contributed by atoms with Crippen LogP contribution in [0.2, 0.25) is 5.15 Å². The number of hydrogen-bond donors (Lipinski definition) is 0. The molecule has 0 amide bonds. The highest BCUT2D eigenvalue weighted by Gasteiger charge is 1.98. The quantitative estimate of drug-likeness (QED) is 0.614. The van der Waals surface area contributed by atoms with Gasteiger partial charge in [0.15, 0.2) is 0 Å². The molecule has 2 nitrogen and oxygen atoms in total. The van der Waals surface area contributed by atoms with Crippen LogP contribution in [-0.2, 0) is 0 Å². The smallest absolute Gasteiger partial charge is 0.129 e. The van der Waals surface area contributed by atoms with Crippen molar-refractivity contribution in [2.24, 2.45) is 0 Å². The van der Waals surface area contributed by atoms with Gasteiger partial charge in [0.1, 0.15) is 5.15 Å². The molecular weight excluding hydrogens is 260 g/mol. The van der Waals surface area contributed by atoms with Crippen molar-refractivity contribution in [3.05, 3.63) is 47.5 Å². The molecule has 16 heavy (non-hydrogen) atoms. The third kappa shape index (κ3) is 3.40. The van der Waals surface area contributed by atoms with E-state index in [-0.39, 0.29) is 0 Å². The molecule has 0 aliphatic rings. The largest absolute Gasteiger partial charge is 0.260 e. The highest BCUT2D eigenvalue weighted by atomic mass is 35.5. The summed E-state index contributed by atoms with van der Waals surface area (Å²) in [5.41, 5.74) is 1.03. The summed E-state index contributed by atoms with van der Waals surface area (Å²) in [6.45, 7) is 1.98. The molecule has 2 aromatic rings. The van der Waals surface area contributed by atoms with Crippen LogP contribution >= 0.6 is 33.2 Å². The fraction of sp³-hybridized carbons (Fsp3) is 0.0909. The van der Waals surface area contributed by atoms with Gasteiger partial charge in [0.05, 0.1) is 0 Å². The van der Waals surface area contributed by atoms with Gasteiger partial charge >= 0.3 is 0 Å². The molecule has 5 heteroatoms. The minimum Gasteiger partial charge on any atom is -0.260 e. The van der Waals surface area contributed by atoms with E-state index in [0.717, 1.165) is 15.5 Å². The third-order valence-electron chi connectivity index (χ3n) is 1.82.